The highest BCUT2D eigenvalue weighted by Crippen LogP contribution is 2.29. The molecular formula is C19H17FN2O4. The molecule has 1 unspecified atom stereocenters. The molecule has 7 heteroatoms. The summed E-state index contributed by atoms with van der Waals surface area (Å²) in [6.45, 7) is -0.0216. The Hall–Kier alpha value is -3.32. The van der Waals surface area contributed by atoms with E-state index in [1.807, 2.05) is 0 Å². The van der Waals surface area contributed by atoms with Gasteiger partial charge in [-0.15, -0.1) is 0 Å². The van der Waals surface area contributed by atoms with Crippen molar-refractivity contribution in [3.8, 4) is 11.5 Å². The van der Waals surface area contributed by atoms with Crippen molar-refractivity contribution in [1.29, 1.82) is 0 Å². The Morgan fingerprint density at radius 3 is 2.77 bits per heavy atom. The number of carbonyl (C=O) groups is 1. The summed E-state index contributed by atoms with van der Waals surface area (Å²) in [5.74, 6) is 0.616. The molecule has 0 aliphatic heterocycles. The molecule has 0 saturated heterocycles. The van der Waals surface area contributed by atoms with Crippen LogP contribution < -0.4 is 15.4 Å². The largest absolute Gasteiger partial charge is 0.467 e. The third-order valence-electron chi connectivity index (χ3n) is 3.49. The number of aliphatic hydroxyl groups is 1. The lowest BCUT2D eigenvalue weighted by atomic mass is 10.2. The standard InChI is InChI=1S/C19H17FN2O4/c20-13-5-3-6-14(11-13)26-17-8-2-1-7-15(17)22-19(24)21-12-16(23)18-9-4-10-25-18/h1-11,16,23H,12H2,(H2,21,22,24). The van der Waals surface area contributed by atoms with Crippen molar-refractivity contribution in [3.05, 3.63) is 78.5 Å². The molecule has 0 saturated carbocycles. The molecule has 0 aliphatic carbocycles. The fraction of sp³-hybridized carbons (Fsp3) is 0.105. The van der Waals surface area contributed by atoms with Gasteiger partial charge >= 0.3 is 6.03 Å². The van der Waals surface area contributed by atoms with Gasteiger partial charge in [0.25, 0.3) is 0 Å². The van der Waals surface area contributed by atoms with Crippen molar-refractivity contribution in [2.24, 2.45) is 0 Å². The van der Waals surface area contributed by atoms with E-state index in [9.17, 15) is 14.3 Å². The van der Waals surface area contributed by atoms with Gasteiger partial charge in [0.2, 0.25) is 0 Å². The molecule has 3 N–H and O–H groups in total. The molecule has 134 valence electrons. The van der Waals surface area contributed by atoms with Crippen molar-refractivity contribution in [2.45, 2.75) is 6.10 Å². The first-order valence-corrected chi connectivity index (χ1v) is 7.90. The van der Waals surface area contributed by atoms with Crippen molar-refractivity contribution in [2.75, 3.05) is 11.9 Å². The SMILES string of the molecule is O=C(NCC(O)c1ccco1)Nc1ccccc1Oc1cccc(F)c1. The molecule has 0 aliphatic rings. The van der Waals surface area contributed by atoms with Crippen molar-refractivity contribution >= 4 is 11.7 Å². The lowest BCUT2D eigenvalue weighted by Gasteiger charge is -2.14. The highest BCUT2D eigenvalue weighted by atomic mass is 19.1. The van der Waals surface area contributed by atoms with E-state index < -0.39 is 18.0 Å². The minimum atomic E-state index is -0.950. The topological polar surface area (TPSA) is 83.7 Å². The lowest BCUT2D eigenvalue weighted by Crippen LogP contribution is -2.32. The number of rotatable bonds is 6. The molecule has 1 heterocycles. The summed E-state index contributed by atoms with van der Waals surface area (Å²) in [7, 11) is 0. The Morgan fingerprint density at radius 1 is 1.15 bits per heavy atom. The highest BCUT2D eigenvalue weighted by molar-refractivity contribution is 5.91. The van der Waals surface area contributed by atoms with E-state index in [2.05, 4.69) is 10.6 Å². The number of furan rings is 1. The zero-order chi connectivity index (χ0) is 18.4. The van der Waals surface area contributed by atoms with E-state index in [0.29, 0.717) is 22.9 Å². The van der Waals surface area contributed by atoms with Crippen LogP contribution in [0, 0.1) is 5.82 Å². The second kappa shape index (κ2) is 8.17. The third-order valence-corrected chi connectivity index (χ3v) is 3.49. The number of nitrogens with one attached hydrogen (secondary N) is 2. The number of hydrogen-bond acceptors (Lipinski definition) is 4. The minimum absolute atomic E-state index is 0.0216. The van der Waals surface area contributed by atoms with Gasteiger partial charge < -0.3 is 24.9 Å². The maximum atomic E-state index is 13.3. The highest BCUT2D eigenvalue weighted by Gasteiger charge is 2.13. The molecular weight excluding hydrogens is 339 g/mol. The van der Waals surface area contributed by atoms with Crippen LogP contribution >= 0.6 is 0 Å². The van der Waals surface area contributed by atoms with E-state index in [1.165, 1.54) is 24.5 Å². The molecule has 2 aromatic carbocycles. The summed E-state index contributed by atoms with van der Waals surface area (Å²) in [5, 5.41) is 15.1. The maximum absolute atomic E-state index is 13.3. The van der Waals surface area contributed by atoms with E-state index in [1.54, 1.807) is 42.5 Å². The number of anilines is 1. The van der Waals surface area contributed by atoms with Crippen LogP contribution in [-0.2, 0) is 0 Å². The van der Waals surface area contributed by atoms with Crippen molar-refractivity contribution in [1.82, 2.24) is 5.32 Å². The average molecular weight is 356 g/mol. The van der Waals surface area contributed by atoms with Crippen molar-refractivity contribution in [3.63, 3.8) is 0 Å². The number of benzene rings is 2. The first kappa shape index (κ1) is 17.5. The van der Waals surface area contributed by atoms with E-state index >= 15 is 0 Å². The molecule has 2 amide bonds. The first-order valence-electron chi connectivity index (χ1n) is 7.90. The number of urea groups is 1. The Morgan fingerprint density at radius 2 is 2.00 bits per heavy atom. The van der Waals surface area contributed by atoms with Gasteiger partial charge in [-0.1, -0.05) is 18.2 Å². The van der Waals surface area contributed by atoms with E-state index in [-0.39, 0.29) is 6.54 Å². The Labute approximate surface area is 149 Å². The number of aliphatic hydroxyl groups excluding tert-OH is 1. The maximum Gasteiger partial charge on any atom is 0.319 e. The predicted molar refractivity (Wildman–Crippen MR) is 93.6 cm³/mol. The summed E-state index contributed by atoms with van der Waals surface area (Å²) in [6, 6.07) is 15.2. The molecule has 3 rings (SSSR count). The fourth-order valence-electron chi connectivity index (χ4n) is 2.25. The Balaban J connectivity index is 1.61. The van der Waals surface area contributed by atoms with Gasteiger partial charge in [-0.05, 0) is 36.4 Å². The minimum Gasteiger partial charge on any atom is -0.467 e. The number of halogens is 1. The lowest BCUT2D eigenvalue weighted by molar-refractivity contribution is 0.149. The average Bonchev–Trinajstić information content (AvgIpc) is 3.16. The molecule has 1 aromatic heterocycles. The first-order chi connectivity index (χ1) is 12.6. The van der Waals surface area contributed by atoms with Crippen LogP contribution in [0.4, 0.5) is 14.9 Å². The number of carbonyl (C=O) groups excluding carboxylic acids is 1. The van der Waals surface area contributed by atoms with Crippen LogP contribution in [0.2, 0.25) is 0 Å². The molecule has 1 atom stereocenters. The number of amides is 2. The van der Waals surface area contributed by atoms with Gasteiger partial charge in [-0.3, -0.25) is 0 Å². The van der Waals surface area contributed by atoms with Gasteiger partial charge in [0.05, 0.1) is 18.5 Å². The third kappa shape index (κ3) is 4.61. The second-order valence-corrected chi connectivity index (χ2v) is 5.42. The van der Waals surface area contributed by atoms with E-state index in [4.69, 9.17) is 9.15 Å². The van der Waals surface area contributed by atoms with Gasteiger partial charge in [-0.25, -0.2) is 9.18 Å². The smallest absolute Gasteiger partial charge is 0.319 e. The monoisotopic (exact) mass is 356 g/mol. The number of hydrogen-bond donors (Lipinski definition) is 3. The molecule has 6 nitrogen and oxygen atoms in total. The van der Waals surface area contributed by atoms with Gasteiger partial charge in [-0.2, -0.15) is 0 Å². The van der Waals surface area contributed by atoms with Crippen LogP contribution in [0.15, 0.2) is 71.3 Å². The summed E-state index contributed by atoms with van der Waals surface area (Å²) in [4.78, 5) is 12.1. The molecule has 0 fully saturated rings. The zero-order valence-electron chi connectivity index (χ0n) is 13.7. The number of para-hydroxylation sites is 2. The molecule has 26 heavy (non-hydrogen) atoms. The predicted octanol–water partition coefficient (Wildman–Crippen LogP) is 4.07. The number of ether oxygens (including phenoxy) is 1. The fourth-order valence-corrected chi connectivity index (χ4v) is 2.25. The summed E-state index contributed by atoms with van der Waals surface area (Å²) < 4.78 is 24.0. The van der Waals surface area contributed by atoms with Crippen LogP contribution in [0.3, 0.4) is 0 Å². The van der Waals surface area contributed by atoms with Crippen LogP contribution in [0.25, 0.3) is 0 Å². The van der Waals surface area contributed by atoms with Crippen LogP contribution in [0.1, 0.15) is 11.9 Å². The molecule has 0 radical (unpaired) electrons. The Kier molecular flexibility index (Phi) is 5.50. The van der Waals surface area contributed by atoms with E-state index in [0.717, 1.165) is 0 Å². The molecule has 0 spiro atoms. The van der Waals surface area contributed by atoms with Crippen LogP contribution in [0.5, 0.6) is 11.5 Å². The quantitative estimate of drug-likeness (QED) is 0.622. The second-order valence-electron chi connectivity index (χ2n) is 5.42. The summed E-state index contributed by atoms with van der Waals surface area (Å²) in [6.07, 6.45) is 0.494. The normalized spacial score (nSPS) is 11.6. The zero-order valence-corrected chi connectivity index (χ0v) is 13.7. The summed E-state index contributed by atoms with van der Waals surface area (Å²) >= 11 is 0. The van der Waals surface area contributed by atoms with Gasteiger partial charge in [0.15, 0.2) is 5.75 Å². The van der Waals surface area contributed by atoms with Crippen LogP contribution in [-0.4, -0.2) is 17.7 Å². The molecule has 0 bridgehead atoms. The molecule has 3 aromatic rings. The summed E-state index contributed by atoms with van der Waals surface area (Å²) in [5.41, 5.74) is 0.404. The van der Waals surface area contributed by atoms with Gasteiger partial charge in [0, 0.05) is 6.07 Å². The van der Waals surface area contributed by atoms with Crippen molar-refractivity contribution < 1.29 is 23.4 Å². The Bertz CT molecular complexity index is 867. The van der Waals surface area contributed by atoms with Gasteiger partial charge in [0.1, 0.15) is 23.4 Å².